The molecule has 0 atom stereocenters. The lowest BCUT2D eigenvalue weighted by Gasteiger charge is -2.12. The third-order valence-corrected chi connectivity index (χ3v) is 10.2. The van der Waals surface area contributed by atoms with Gasteiger partial charge in [0.2, 0.25) is 0 Å². The number of imidazole rings is 1. The summed E-state index contributed by atoms with van der Waals surface area (Å²) in [6.45, 7) is 0. The smallest absolute Gasteiger partial charge is 0.137 e. The highest BCUT2D eigenvalue weighted by Gasteiger charge is 2.17. The lowest BCUT2D eigenvalue weighted by Crippen LogP contribution is -1.93. The van der Waals surface area contributed by atoms with Crippen LogP contribution >= 0.6 is 0 Å². The predicted octanol–water partition coefficient (Wildman–Crippen LogP) is 13.0. The van der Waals surface area contributed by atoms with E-state index in [-0.39, 0.29) is 0 Å². The van der Waals surface area contributed by atoms with Crippen molar-refractivity contribution >= 4 is 27.2 Å². The van der Waals surface area contributed by atoms with Gasteiger partial charge in [-0.05, 0) is 80.2 Å². The van der Waals surface area contributed by atoms with E-state index in [1.54, 1.807) is 0 Å². The van der Waals surface area contributed by atoms with Gasteiger partial charge in [0.1, 0.15) is 5.65 Å². The van der Waals surface area contributed by atoms with Crippen molar-refractivity contribution in [3.63, 3.8) is 0 Å². The first-order valence-electron chi connectivity index (χ1n) is 18.0. The van der Waals surface area contributed by atoms with Gasteiger partial charge in [-0.3, -0.25) is 4.40 Å². The molecule has 3 heteroatoms. The molecule has 0 spiro atoms. The first-order chi connectivity index (χ1) is 26.2. The Morgan fingerprint density at radius 3 is 1.53 bits per heavy atom. The van der Waals surface area contributed by atoms with Crippen LogP contribution in [0.25, 0.3) is 94.5 Å². The fourth-order valence-electron chi connectivity index (χ4n) is 7.43. The molecule has 0 radical (unpaired) electrons. The first kappa shape index (κ1) is 30.7. The number of benzene rings is 7. The Bertz CT molecular complexity index is 2820. The van der Waals surface area contributed by atoms with Gasteiger partial charge in [-0.25, -0.2) is 9.97 Å². The summed E-state index contributed by atoms with van der Waals surface area (Å²) < 4.78 is 2.19. The van der Waals surface area contributed by atoms with Gasteiger partial charge in [0.25, 0.3) is 0 Å². The van der Waals surface area contributed by atoms with Gasteiger partial charge in [-0.15, -0.1) is 0 Å². The second kappa shape index (κ2) is 12.9. The van der Waals surface area contributed by atoms with Gasteiger partial charge in [0.05, 0.1) is 22.8 Å². The zero-order valence-electron chi connectivity index (χ0n) is 28.9. The van der Waals surface area contributed by atoms with Crippen LogP contribution in [0, 0.1) is 0 Å². The van der Waals surface area contributed by atoms with E-state index in [1.165, 1.54) is 38.2 Å². The van der Waals surface area contributed by atoms with Crippen LogP contribution in [0.3, 0.4) is 0 Å². The molecule has 53 heavy (non-hydrogen) atoms. The largest absolute Gasteiger partial charge is 0.299 e. The van der Waals surface area contributed by atoms with E-state index < -0.39 is 0 Å². The molecular formula is C50H33N3. The maximum absolute atomic E-state index is 5.29. The lowest BCUT2D eigenvalue weighted by atomic mass is 9.96. The molecule has 3 aromatic heterocycles. The molecule has 0 unspecified atom stereocenters. The molecule has 3 nitrogen and oxygen atoms in total. The van der Waals surface area contributed by atoms with Crippen molar-refractivity contribution in [1.29, 1.82) is 0 Å². The fourth-order valence-corrected chi connectivity index (χ4v) is 7.43. The molecule has 248 valence electrons. The lowest BCUT2D eigenvalue weighted by molar-refractivity contribution is 1.19. The summed E-state index contributed by atoms with van der Waals surface area (Å²) in [5.41, 5.74) is 13.8. The molecule has 3 heterocycles. The zero-order chi connectivity index (χ0) is 35.1. The van der Waals surface area contributed by atoms with E-state index >= 15 is 0 Å². The highest BCUT2D eigenvalue weighted by Crippen LogP contribution is 2.37. The Labute approximate surface area is 308 Å². The quantitative estimate of drug-likeness (QED) is 0.176. The summed E-state index contributed by atoms with van der Waals surface area (Å²) >= 11 is 0. The number of aromatic nitrogens is 3. The standard InChI is InChI=1S/C50H33N3/c1-2-10-34(11-3-1)37-17-23-39(24-18-37)49-50(53-29-9-8-16-48(53)52-49)40-25-21-38(22-26-40)46-32-45(43-27-19-35-12-4-6-14-41(35)30-43)33-47(51-46)44-28-20-36-13-5-7-15-42(36)31-44/h1-33H. The average molecular weight is 676 g/mol. The summed E-state index contributed by atoms with van der Waals surface area (Å²) in [6, 6.07) is 68.9. The summed E-state index contributed by atoms with van der Waals surface area (Å²) in [7, 11) is 0. The van der Waals surface area contributed by atoms with E-state index in [2.05, 4.69) is 193 Å². The third-order valence-electron chi connectivity index (χ3n) is 10.2. The van der Waals surface area contributed by atoms with Gasteiger partial charge in [0, 0.05) is 28.5 Å². The molecule has 10 aromatic rings. The number of fused-ring (bicyclic) bond motifs is 3. The number of pyridine rings is 2. The summed E-state index contributed by atoms with van der Waals surface area (Å²) in [6.07, 6.45) is 2.10. The molecule has 0 N–H and O–H groups in total. The van der Waals surface area contributed by atoms with Crippen molar-refractivity contribution in [3.8, 4) is 67.3 Å². The van der Waals surface area contributed by atoms with Gasteiger partial charge < -0.3 is 0 Å². The fraction of sp³-hybridized carbons (Fsp3) is 0. The van der Waals surface area contributed by atoms with Crippen molar-refractivity contribution < 1.29 is 0 Å². The summed E-state index contributed by atoms with van der Waals surface area (Å²) in [5, 5.41) is 4.87. The van der Waals surface area contributed by atoms with Crippen molar-refractivity contribution in [2.45, 2.75) is 0 Å². The van der Waals surface area contributed by atoms with E-state index in [0.717, 1.165) is 56.2 Å². The van der Waals surface area contributed by atoms with Gasteiger partial charge in [-0.2, -0.15) is 0 Å². The van der Waals surface area contributed by atoms with Crippen LogP contribution in [0.1, 0.15) is 0 Å². The van der Waals surface area contributed by atoms with Crippen molar-refractivity contribution in [2.24, 2.45) is 0 Å². The van der Waals surface area contributed by atoms with Crippen LogP contribution in [0.15, 0.2) is 200 Å². The van der Waals surface area contributed by atoms with Crippen molar-refractivity contribution in [1.82, 2.24) is 14.4 Å². The molecule has 0 fully saturated rings. The van der Waals surface area contributed by atoms with Crippen LogP contribution in [0.4, 0.5) is 0 Å². The Balaban J connectivity index is 1.08. The topological polar surface area (TPSA) is 30.2 Å². The zero-order valence-corrected chi connectivity index (χ0v) is 28.9. The minimum Gasteiger partial charge on any atom is -0.299 e. The monoisotopic (exact) mass is 675 g/mol. The highest BCUT2D eigenvalue weighted by molar-refractivity contribution is 5.91. The average Bonchev–Trinajstić information content (AvgIpc) is 3.63. The Kier molecular flexibility index (Phi) is 7.47. The molecule has 0 amide bonds. The molecule has 0 aliphatic carbocycles. The van der Waals surface area contributed by atoms with E-state index in [1.807, 2.05) is 12.1 Å². The number of rotatable bonds is 6. The number of nitrogens with zero attached hydrogens (tertiary/aromatic N) is 3. The maximum atomic E-state index is 5.29. The van der Waals surface area contributed by atoms with E-state index in [4.69, 9.17) is 9.97 Å². The molecule has 0 bridgehead atoms. The Morgan fingerprint density at radius 1 is 0.302 bits per heavy atom. The minimum absolute atomic E-state index is 0.915. The summed E-state index contributed by atoms with van der Waals surface area (Å²) in [5.74, 6) is 0. The van der Waals surface area contributed by atoms with Crippen LogP contribution in [0.2, 0.25) is 0 Å². The second-order valence-electron chi connectivity index (χ2n) is 13.5. The molecular weight excluding hydrogens is 643 g/mol. The molecule has 0 saturated heterocycles. The SMILES string of the molecule is c1ccc(-c2ccc(-c3nc4ccccn4c3-c3ccc(-c4cc(-c5ccc6ccccc6c5)cc(-c5ccc6ccccc6c5)n4)cc3)cc2)cc1. The van der Waals surface area contributed by atoms with Crippen molar-refractivity contribution in [3.05, 3.63) is 200 Å². The van der Waals surface area contributed by atoms with Gasteiger partial charge >= 0.3 is 0 Å². The number of hydrogen-bond acceptors (Lipinski definition) is 2. The van der Waals surface area contributed by atoms with Crippen LogP contribution < -0.4 is 0 Å². The predicted molar refractivity (Wildman–Crippen MR) is 221 cm³/mol. The van der Waals surface area contributed by atoms with Crippen LogP contribution in [0.5, 0.6) is 0 Å². The Hall–Kier alpha value is -7.10. The second-order valence-corrected chi connectivity index (χ2v) is 13.5. The van der Waals surface area contributed by atoms with Gasteiger partial charge in [0.15, 0.2) is 0 Å². The Morgan fingerprint density at radius 2 is 0.811 bits per heavy atom. The normalized spacial score (nSPS) is 11.4. The minimum atomic E-state index is 0.915. The summed E-state index contributed by atoms with van der Waals surface area (Å²) in [4.78, 5) is 10.4. The van der Waals surface area contributed by atoms with Crippen molar-refractivity contribution in [2.75, 3.05) is 0 Å². The number of hydrogen-bond donors (Lipinski definition) is 0. The van der Waals surface area contributed by atoms with Crippen LogP contribution in [-0.4, -0.2) is 14.4 Å². The third kappa shape index (κ3) is 5.75. The molecule has 7 aromatic carbocycles. The molecule has 10 rings (SSSR count). The molecule has 0 saturated carbocycles. The molecule has 0 aliphatic heterocycles. The van der Waals surface area contributed by atoms with Crippen LogP contribution in [-0.2, 0) is 0 Å². The van der Waals surface area contributed by atoms with E-state index in [9.17, 15) is 0 Å². The maximum Gasteiger partial charge on any atom is 0.137 e. The first-order valence-corrected chi connectivity index (χ1v) is 18.0. The van der Waals surface area contributed by atoms with E-state index in [0.29, 0.717) is 0 Å². The van der Waals surface area contributed by atoms with Gasteiger partial charge in [-0.1, -0.05) is 158 Å². The molecule has 0 aliphatic rings. The highest BCUT2D eigenvalue weighted by atomic mass is 15.0.